The van der Waals surface area contributed by atoms with Crippen LogP contribution >= 0.6 is 23.2 Å². The van der Waals surface area contributed by atoms with Crippen LogP contribution in [0.25, 0.3) is 22.3 Å². The molecule has 25 nitrogen and oxygen atoms in total. The molecule has 340 valence electrons. The van der Waals surface area contributed by atoms with E-state index in [4.69, 9.17) is 23.2 Å². The summed E-state index contributed by atoms with van der Waals surface area (Å²) in [5.74, 6) is 0.831. The number of halogens is 2. The fourth-order valence-corrected chi connectivity index (χ4v) is 9.96. The van der Waals surface area contributed by atoms with Crippen LogP contribution in [0.5, 0.6) is 0 Å². The summed E-state index contributed by atoms with van der Waals surface area (Å²) in [4.78, 5) is 44.7. The molecule has 6 aromatic rings. The van der Waals surface area contributed by atoms with Gasteiger partial charge in [0, 0.05) is 31.2 Å². The molecule has 0 aromatic carbocycles. The quantitative estimate of drug-likeness (QED) is 0.0765. The summed E-state index contributed by atoms with van der Waals surface area (Å²) in [6, 6.07) is -2.87. The Morgan fingerprint density at radius 3 is 1.59 bits per heavy atom. The number of carbonyl (C=O) groups excluding carboxylic acids is 1. The molecule has 0 spiro atoms. The number of carbonyl (C=O) groups is 1. The van der Waals surface area contributed by atoms with Crippen LogP contribution in [0.1, 0.15) is 80.5 Å². The van der Waals surface area contributed by atoms with Gasteiger partial charge >= 0.3 is 6.03 Å². The van der Waals surface area contributed by atoms with Crippen molar-refractivity contribution in [1.82, 2.24) is 79.2 Å². The van der Waals surface area contributed by atoms with Crippen molar-refractivity contribution in [1.29, 1.82) is 0 Å². The topological polar surface area (TPSA) is 326 Å². The number of hydrogen-bond acceptors (Lipinski definition) is 19. The number of imidazole rings is 2. The summed E-state index contributed by atoms with van der Waals surface area (Å²) >= 11 is 12.8. The van der Waals surface area contributed by atoms with Gasteiger partial charge < -0.3 is 60.6 Å². The molecule has 0 radical (unpaired) electrons. The molecule has 3 aliphatic carbocycles. The molecule has 4 fully saturated rings. The van der Waals surface area contributed by atoms with Crippen molar-refractivity contribution in [2.45, 2.75) is 125 Å². The number of rotatable bonds is 11. The Morgan fingerprint density at radius 2 is 1.11 bits per heavy atom. The van der Waals surface area contributed by atoms with Crippen LogP contribution in [0.3, 0.4) is 0 Å². The highest BCUT2D eigenvalue weighted by atomic mass is 35.5. The van der Waals surface area contributed by atoms with Crippen LogP contribution < -0.4 is 16.0 Å². The maximum atomic E-state index is 13.5. The molecule has 1 saturated heterocycles. The zero-order valence-corrected chi connectivity index (χ0v) is 35.5. The minimum atomic E-state index is -1.19. The fraction of sp³-hybridized carbons (Fsp3) is 0.595. The summed E-state index contributed by atoms with van der Waals surface area (Å²) in [5.41, 5.74) is 2.34. The Balaban J connectivity index is 0.736. The number of urea groups is 1. The molecular weight excluding hydrogens is 879 g/mol. The zero-order chi connectivity index (χ0) is 44.4. The molecule has 0 bridgehead atoms. The van der Waals surface area contributed by atoms with E-state index in [2.05, 4.69) is 66.2 Å². The van der Waals surface area contributed by atoms with Crippen molar-refractivity contribution in [3.63, 3.8) is 0 Å². The normalized spacial score (nSPS) is 29.6. The summed E-state index contributed by atoms with van der Waals surface area (Å²) in [5, 5.41) is 89.5. The standard InChI is InChI=1S/C37H46Cl2N18O7/c38-35-47-31(25-33(49-35)54(14-40-25)21-7-23(29(62)27(21)60)56-42-9-19(12-58)51-56)44-16-1-3-17(4-2-16)46-37(64)53-6-5-18(11-53)45-32-26-34(50-36(39)48-32)55(15-41-26)22-8-24(30(63)28(22)61)57-43-10-20(13-59)52-57/h9-10,14-18,21-24,27-30,58-63H,1-8,11-13H2,(H,46,64)(H,44,47,49)(H,45,48,50)/t16?,17?,18-,21-,22-,23+,24+,27+,28+,29-,30-/m1/s1. The molecule has 9 atom stereocenters. The molecule has 6 aromatic heterocycles. The van der Waals surface area contributed by atoms with Crippen LogP contribution in [-0.2, 0) is 13.2 Å². The first kappa shape index (κ1) is 42.5. The van der Waals surface area contributed by atoms with Crippen molar-refractivity contribution < 1.29 is 35.4 Å². The van der Waals surface area contributed by atoms with Crippen LogP contribution in [0.4, 0.5) is 16.4 Å². The smallest absolute Gasteiger partial charge is 0.317 e. The predicted molar refractivity (Wildman–Crippen MR) is 224 cm³/mol. The molecule has 27 heteroatoms. The van der Waals surface area contributed by atoms with Gasteiger partial charge in [-0.15, -0.1) is 0 Å². The van der Waals surface area contributed by atoms with Crippen molar-refractivity contribution in [2.24, 2.45) is 0 Å². The van der Waals surface area contributed by atoms with Crippen LogP contribution in [0, 0.1) is 0 Å². The van der Waals surface area contributed by atoms with E-state index in [9.17, 15) is 35.4 Å². The number of nitrogens with one attached hydrogen (secondary N) is 3. The van der Waals surface area contributed by atoms with Gasteiger partial charge in [0.2, 0.25) is 10.6 Å². The van der Waals surface area contributed by atoms with Gasteiger partial charge in [0.15, 0.2) is 34.0 Å². The maximum absolute atomic E-state index is 13.5. The molecular formula is C37H46Cl2N18O7. The van der Waals surface area contributed by atoms with Gasteiger partial charge in [-0.2, -0.15) is 49.9 Å². The van der Waals surface area contributed by atoms with Gasteiger partial charge in [-0.25, -0.2) is 14.8 Å². The summed E-state index contributed by atoms with van der Waals surface area (Å²) in [6.45, 7) is 0.331. The van der Waals surface area contributed by atoms with Crippen molar-refractivity contribution in [3.05, 3.63) is 47.0 Å². The van der Waals surface area contributed by atoms with Crippen molar-refractivity contribution in [3.8, 4) is 0 Å². The molecule has 10 rings (SSSR count). The summed E-state index contributed by atoms with van der Waals surface area (Å²) in [7, 11) is 0. The average Bonchev–Trinajstić information content (AvgIpc) is 4.16. The second-order valence-electron chi connectivity index (χ2n) is 16.9. The SMILES string of the molecule is O=C(NC1CCC(Nc2nc(Cl)nc3c2ncn3[C@@H]2C[C@H](n3ncc(CO)n3)[C@@H](O)[C@H]2O)CC1)N1CC[C@@H](Nc2nc(Cl)nc3c2ncn3[C@@H]2C[C@H](n3ncc(CO)n3)[C@@H](O)[C@H]2O)C1. The number of fused-ring (bicyclic) bond motifs is 2. The first-order valence-corrected chi connectivity index (χ1v) is 21.9. The fourth-order valence-electron chi connectivity index (χ4n) is 9.63. The lowest BCUT2D eigenvalue weighted by Crippen LogP contribution is -2.46. The van der Waals surface area contributed by atoms with Gasteiger partial charge in [0.1, 0.15) is 47.9 Å². The van der Waals surface area contributed by atoms with Gasteiger partial charge in [-0.3, -0.25) is 0 Å². The Morgan fingerprint density at radius 1 is 0.641 bits per heavy atom. The number of aliphatic hydroxyl groups is 6. The molecule has 3 saturated carbocycles. The zero-order valence-electron chi connectivity index (χ0n) is 34.0. The monoisotopic (exact) mass is 924 g/mol. The van der Waals surface area contributed by atoms with Crippen LogP contribution in [-0.4, -0.2) is 166 Å². The lowest BCUT2D eigenvalue weighted by atomic mass is 9.91. The first-order valence-electron chi connectivity index (χ1n) is 21.1. The first-order chi connectivity index (χ1) is 31.0. The number of likely N-dealkylation sites (tertiary alicyclic amines) is 1. The lowest BCUT2D eigenvalue weighted by Gasteiger charge is -2.31. The third kappa shape index (κ3) is 7.81. The third-order valence-corrected chi connectivity index (χ3v) is 13.3. The summed E-state index contributed by atoms with van der Waals surface area (Å²) in [6.07, 6.45) is 5.26. The Labute approximate surface area is 372 Å². The number of nitrogens with zero attached hydrogens (tertiary/aromatic N) is 15. The Kier molecular flexibility index (Phi) is 11.4. The molecule has 9 N–H and O–H groups in total. The van der Waals surface area contributed by atoms with E-state index in [0.29, 0.717) is 64.9 Å². The van der Waals surface area contributed by atoms with Crippen LogP contribution in [0.15, 0.2) is 25.0 Å². The highest BCUT2D eigenvalue weighted by Gasteiger charge is 2.47. The van der Waals surface area contributed by atoms with Gasteiger partial charge in [-0.1, -0.05) is 0 Å². The van der Waals surface area contributed by atoms with E-state index in [-0.39, 0.29) is 60.8 Å². The van der Waals surface area contributed by atoms with E-state index >= 15 is 0 Å². The number of hydrogen-bond donors (Lipinski definition) is 9. The molecule has 64 heavy (non-hydrogen) atoms. The molecule has 4 aliphatic rings. The van der Waals surface area contributed by atoms with Crippen LogP contribution in [0.2, 0.25) is 10.6 Å². The predicted octanol–water partition coefficient (Wildman–Crippen LogP) is -0.125. The highest BCUT2D eigenvalue weighted by molar-refractivity contribution is 6.29. The second kappa shape index (κ2) is 17.2. The average molecular weight is 926 g/mol. The van der Waals surface area contributed by atoms with E-state index in [1.165, 1.54) is 28.3 Å². The van der Waals surface area contributed by atoms with Crippen molar-refractivity contribution >= 4 is 63.2 Å². The minimum absolute atomic E-state index is 0.00877. The van der Waals surface area contributed by atoms with Gasteiger partial charge in [0.25, 0.3) is 0 Å². The van der Waals surface area contributed by atoms with Gasteiger partial charge in [-0.05, 0) is 68.1 Å². The number of aliphatic hydroxyl groups excluding tert-OH is 6. The van der Waals surface area contributed by atoms with E-state index in [1.54, 1.807) is 20.4 Å². The molecule has 1 aliphatic heterocycles. The van der Waals surface area contributed by atoms with E-state index in [1.807, 2.05) is 0 Å². The maximum Gasteiger partial charge on any atom is 0.317 e. The molecule has 0 unspecified atom stereocenters. The highest BCUT2D eigenvalue weighted by Crippen LogP contribution is 2.41. The van der Waals surface area contributed by atoms with E-state index < -0.39 is 48.6 Å². The largest absolute Gasteiger partial charge is 0.390 e. The molecule has 2 amide bonds. The molecule has 7 heterocycles. The second-order valence-corrected chi connectivity index (χ2v) is 17.6. The Hall–Kier alpha value is -5.41. The minimum Gasteiger partial charge on any atom is -0.390 e. The number of amides is 2. The summed E-state index contributed by atoms with van der Waals surface area (Å²) < 4.78 is 3.35. The van der Waals surface area contributed by atoms with Gasteiger partial charge in [0.05, 0.1) is 50.3 Å². The Bertz CT molecular complexity index is 2650. The number of anilines is 2. The third-order valence-electron chi connectivity index (χ3n) is 13.0. The lowest BCUT2D eigenvalue weighted by molar-refractivity contribution is 0.00491. The number of aromatic nitrogens is 14. The van der Waals surface area contributed by atoms with Crippen molar-refractivity contribution in [2.75, 3.05) is 23.7 Å². The van der Waals surface area contributed by atoms with E-state index in [0.717, 1.165) is 25.7 Å².